The lowest BCUT2D eigenvalue weighted by atomic mass is 10.1. The third-order valence-electron chi connectivity index (χ3n) is 3.44. The van der Waals surface area contributed by atoms with Gasteiger partial charge in [-0.15, -0.1) is 0 Å². The van der Waals surface area contributed by atoms with Crippen LogP contribution in [0.5, 0.6) is 0 Å². The van der Waals surface area contributed by atoms with Crippen LogP contribution in [0, 0.1) is 16.0 Å². The molecule has 1 heterocycles. The highest BCUT2D eigenvalue weighted by atomic mass is 16.6. The second-order valence-corrected chi connectivity index (χ2v) is 5.03. The second kappa shape index (κ2) is 5.86. The minimum absolute atomic E-state index is 0.0584. The Morgan fingerprint density at radius 1 is 1.47 bits per heavy atom. The Labute approximate surface area is 112 Å². The molecule has 0 aromatic carbocycles. The van der Waals surface area contributed by atoms with E-state index in [1.807, 2.05) is 0 Å². The number of aromatic nitrogens is 1. The first-order chi connectivity index (χ1) is 9.12. The van der Waals surface area contributed by atoms with Crippen molar-refractivity contribution < 1.29 is 4.92 Å². The first kappa shape index (κ1) is 13.6. The van der Waals surface area contributed by atoms with E-state index in [0.29, 0.717) is 17.7 Å². The van der Waals surface area contributed by atoms with Crippen molar-refractivity contribution >= 4 is 17.3 Å². The fourth-order valence-corrected chi connectivity index (χ4v) is 2.12. The maximum absolute atomic E-state index is 10.9. The molecule has 1 aromatic heterocycles. The van der Waals surface area contributed by atoms with Crippen LogP contribution in [0.15, 0.2) is 12.1 Å². The molecule has 6 nitrogen and oxygen atoms in total. The molecular formula is C13H20N4O2. The number of pyridine rings is 1. The van der Waals surface area contributed by atoms with E-state index >= 15 is 0 Å². The van der Waals surface area contributed by atoms with E-state index < -0.39 is 4.92 Å². The van der Waals surface area contributed by atoms with Gasteiger partial charge in [-0.1, -0.05) is 19.8 Å². The summed E-state index contributed by atoms with van der Waals surface area (Å²) in [5, 5.41) is 17.1. The summed E-state index contributed by atoms with van der Waals surface area (Å²) in [6.45, 7) is 2.12. The molecule has 104 valence electrons. The largest absolute Gasteiger partial charge is 0.373 e. The maximum Gasteiger partial charge on any atom is 0.276 e. The molecule has 1 aliphatic carbocycles. The van der Waals surface area contributed by atoms with Gasteiger partial charge >= 0.3 is 0 Å². The molecule has 1 unspecified atom stereocenters. The highest BCUT2D eigenvalue weighted by Gasteiger charge is 2.25. The summed E-state index contributed by atoms with van der Waals surface area (Å²) < 4.78 is 0. The van der Waals surface area contributed by atoms with E-state index in [9.17, 15) is 10.1 Å². The van der Waals surface area contributed by atoms with Crippen molar-refractivity contribution in [3.8, 4) is 0 Å². The highest BCUT2D eigenvalue weighted by molar-refractivity contribution is 5.54. The van der Waals surface area contributed by atoms with Crippen LogP contribution < -0.4 is 10.6 Å². The third-order valence-corrected chi connectivity index (χ3v) is 3.44. The van der Waals surface area contributed by atoms with Gasteiger partial charge in [-0.05, 0) is 18.8 Å². The normalized spacial score (nSPS) is 15.9. The summed E-state index contributed by atoms with van der Waals surface area (Å²) >= 11 is 0. The standard InChI is InChI=1S/C13H20N4O2/c1-3-10(6-9-4-5-9)15-13-8-11(17(18)19)7-12(14-2)16-13/h7-10H,3-6H2,1-2H3,(H2,14,15,16). The number of hydrogen-bond donors (Lipinski definition) is 2. The summed E-state index contributed by atoms with van der Waals surface area (Å²) in [5.74, 6) is 1.91. The van der Waals surface area contributed by atoms with Crippen molar-refractivity contribution in [3.63, 3.8) is 0 Å². The zero-order chi connectivity index (χ0) is 13.8. The monoisotopic (exact) mass is 264 g/mol. The van der Waals surface area contributed by atoms with Gasteiger partial charge in [0.1, 0.15) is 11.6 Å². The van der Waals surface area contributed by atoms with Crippen molar-refractivity contribution in [2.45, 2.75) is 38.6 Å². The van der Waals surface area contributed by atoms with Crippen LogP contribution in [0.2, 0.25) is 0 Å². The summed E-state index contributed by atoms with van der Waals surface area (Å²) in [5.41, 5.74) is 0.0584. The molecule has 2 rings (SSSR count). The summed E-state index contributed by atoms with van der Waals surface area (Å²) in [6, 6.07) is 3.27. The minimum Gasteiger partial charge on any atom is -0.373 e. The third kappa shape index (κ3) is 3.81. The Kier molecular flexibility index (Phi) is 4.19. The van der Waals surface area contributed by atoms with Crippen molar-refractivity contribution in [1.82, 2.24) is 4.98 Å². The predicted molar refractivity (Wildman–Crippen MR) is 75.5 cm³/mol. The quantitative estimate of drug-likeness (QED) is 0.584. The van der Waals surface area contributed by atoms with Crippen LogP contribution in [0.4, 0.5) is 17.3 Å². The molecular weight excluding hydrogens is 244 g/mol. The molecule has 1 aliphatic rings. The smallest absolute Gasteiger partial charge is 0.276 e. The van der Waals surface area contributed by atoms with Gasteiger partial charge in [-0.3, -0.25) is 10.1 Å². The summed E-state index contributed by atoms with van der Waals surface area (Å²) in [7, 11) is 1.71. The van der Waals surface area contributed by atoms with Crippen LogP contribution in [0.1, 0.15) is 32.6 Å². The van der Waals surface area contributed by atoms with Crippen LogP contribution >= 0.6 is 0 Å². The van der Waals surface area contributed by atoms with Crippen LogP contribution in [0.3, 0.4) is 0 Å². The lowest BCUT2D eigenvalue weighted by Crippen LogP contribution is -2.20. The predicted octanol–water partition coefficient (Wildman–Crippen LogP) is 3.02. The second-order valence-electron chi connectivity index (χ2n) is 5.03. The van der Waals surface area contributed by atoms with Crippen LogP contribution in [0.25, 0.3) is 0 Å². The number of hydrogen-bond acceptors (Lipinski definition) is 5. The molecule has 0 radical (unpaired) electrons. The average Bonchev–Trinajstić information content (AvgIpc) is 3.21. The van der Waals surface area contributed by atoms with Gasteiger partial charge in [0.25, 0.3) is 5.69 Å². The Hall–Kier alpha value is -1.85. The van der Waals surface area contributed by atoms with Crippen LogP contribution in [-0.2, 0) is 0 Å². The van der Waals surface area contributed by atoms with Crippen molar-refractivity contribution in [2.24, 2.45) is 5.92 Å². The molecule has 1 aromatic rings. The SMILES string of the molecule is CCC(CC1CC1)Nc1cc([N+](=O)[O-])cc(NC)n1. The molecule has 0 saturated heterocycles. The van der Waals surface area contributed by atoms with Gasteiger partial charge in [0, 0.05) is 13.1 Å². The molecule has 2 N–H and O–H groups in total. The van der Waals surface area contributed by atoms with Gasteiger partial charge in [0.15, 0.2) is 0 Å². The van der Waals surface area contributed by atoms with Gasteiger partial charge in [0.05, 0.1) is 17.1 Å². The molecule has 1 atom stereocenters. The van der Waals surface area contributed by atoms with Crippen molar-refractivity contribution in [2.75, 3.05) is 17.7 Å². The molecule has 0 amide bonds. The maximum atomic E-state index is 10.9. The number of nitrogens with zero attached hydrogens (tertiary/aromatic N) is 2. The van der Waals surface area contributed by atoms with Gasteiger partial charge < -0.3 is 10.6 Å². The van der Waals surface area contributed by atoms with Crippen molar-refractivity contribution in [1.29, 1.82) is 0 Å². The Morgan fingerprint density at radius 3 is 2.68 bits per heavy atom. The molecule has 1 fully saturated rings. The zero-order valence-electron chi connectivity index (χ0n) is 11.3. The van der Waals surface area contributed by atoms with E-state index in [0.717, 1.165) is 18.8 Å². The molecule has 19 heavy (non-hydrogen) atoms. The Morgan fingerprint density at radius 2 is 2.16 bits per heavy atom. The van der Waals surface area contributed by atoms with E-state index in [4.69, 9.17) is 0 Å². The first-order valence-corrected chi connectivity index (χ1v) is 6.73. The molecule has 0 spiro atoms. The van der Waals surface area contributed by atoms with E-state index in [-0.39, 0.29) is 5.69 Å². The molecule has 1 saturated carbocycles. The molecule has 0 bridgehead atoms. The summed E-state index contributed by atoms with van der Waals surface area (Å²) in [4.78, 5) is 14.8. The average molecular weight is 264 g/mol. The van der Waals surface area contributed by atoms with E-state index in [1.165, 1.54) is 25.0 Å². The summed E-state index contributed by atoms with van der Waals surface area (Å²) in [6.07, 6.45) is 4.73. The lowest BCUT2D eigenvalue weighted by Gasteiger charge is -2.17. The zero-order valence-corrected chi connectivity index (χ0v) is 11.3. The first-order valence-electron chi connectivity index (χ1n) is 6.73. The number of rotatable bonds is 7. The van der Waals surface area contributed by atoms with Gasteiger partial charge in [-0.2, -0.15) is 0 Å². The van der Waals surface area contributed by atoms with Gasteiger partial charge in [0.2, 0.25) is 0 Å². The fourth-order valence-electron chi connectivity index (χ4n) is 2.12. The van der Waals surface area contributed by atoms with Gasteiger partial charge in [-0.25, -0.2) is 4.98 Å². The highest BCUT2D eigenvalue weighted by Crippen LogP contribution is 2.35. The number of nitrogens with one attached hydrogen (secondary N) is 2. The fraction of sp³-hybridized carbons (Fsp3) is 0.615. The number of anilines is 2. The Bertz CT molecular complexity index is 460. The topological polar surface area (TPSA) is 80.1 Å². The molecule has 6 heteroatoms. The van der Waals surface area contributed by atoms with E-state index in [2.05, 4.69) is 22.5 Å². The Balaban J connectivity index is 2.12. The van der Waals surface area contributed by atoms with Crippen molar-refractivity contribution in [3.05, 3.63) is 22.2 Å². The van der Waals surface area contributed by atoms with E-state index in [1.54, 1.807) is 7.05 Å². The lowest BCUT2D eigenvalue weighted by molar-refractivity contribution is -0.384. The van der Waals surface area contributed by atoms with Crippen LogP contribution in [-0.4, -0.2) is 23.0 Å². The molecule has 0 aliphatic heterocycles. The minimum atomic E-state index is -0.393. The number of nitro groups is 1.